The highest BCUT2D eigenvalue weighted by molar-refractivity contribution is 6.31. The number of pyridine rings is 1. The molecule has 1 atom stereocenters. The van der Waals surface area contributed by atoms with Gasteiger partial charge in [0.2, 0.25) is 0 Å². The zero-order chi connectivity index (χ0) is 14.7. The minimum atomic E-state index is 0.0766. The van der Waals surface area contributed by atoms with E-state index in [9.17, 15) is 0 Å². The standard InChI is InChI=1S/C16H19ClN2O2/c17-12-3-4-14-15(10-12)18-6-5-16(14)19-7-1-2-13(11-19)21-9-8-20/h3-6,10,13,20H,1-2,7-9,11H2. The van der Waals surface area contributed by atoms with Crippen LogP contribution < -0.4 is 4.90 Å². The monoisotopic (exact) mass is 306 g/mol. The number of anilines is 1. The lowest BCUT2D eigenvalue weighted by molar-refractivity contribution is 0.0215. The molecule has 1 aromatic carbocycles. The Morgan fingerprint density at radius 3 is 3.14 bits per heavy atom. The van der Waals surface area contributed by atoms with Gasteiger partial charge in [0, 0.05) is 35.4 Å². The molecule has 4 nitrogen and oxygen atoms in total. The average Bonchev–Trinajstić information content (AvgIpc) is 2.52. The average molecular weight is 307 g/mol. The Morgan fingerprint density at radius 1 is 1.38 bits per heavy atom. The first-order valence-electron chi connectivity index (χ1n) is 7.29. The number of ether oxygens (including phenoxy) is 1. The predicted molar refractivity (Wildman–Crippen MR) is 85.0 cm³/mol. The van der Waals surface area contributed by atoms with Crippen LogP contribution in [0.15, 0.2) is 30.5 Å². The van der Waals surface area contributed by atoms with Crippen molar-refractivity contribution in [2.45, 2.75) is 18.9 Å². The van der Waals surface area contributed by atoms with Crippen molar-refractivity contribution in [3.63, 3.8) is 0 Å². The van der Waals surface area contributed by atoms with E-state index in [1.54, 1.807) is 0 Å². The lowest BCUT2D eigenvalue weighted by Crippen LogP contribution is -2.40. The number of halogens is 1. The molecule has 112 valence electrons. The first-order chi connectivity index (χ1) is 10.3. The lowest BCUT2D eigenvalue weighted by Gasteiger charge is -2.34. The highest BCUT2D eigenvalue weighted by Crippen LogP contribution is 2.29. The number of fused-ring (bicyclic) bond motifs is 1. The number of piperidine rings is 1. The van der Waals surface area contributed by atoms with Crippen LogP contribution in [0.2, 0.25) is 5.02 Å². The topological polar surface area (TPSA) is 45.6 Å². The van der Waals surface area contributed by atoms with Crippen LogP contribution in [0.3, 0.4) is 0 Å². The Hall–Kier alpha value is -1.36. The number of aromatic nitrogens is 1. The quantitative estimate of drug-likeness (QED) is 0.943. The van der Waals surface area contributed by atoms with Gasteiger partial charge in [0.1, 0.15) is 0 Å². The van der Waals surface area contributed by atoms with Gasteiger partial charge in [-0.3, -0.25) is 4.98 Å². The van der Waals surface area contributed by atoms with Crippen LogP contribution in [0.25, 0.3) is 10.9 Å². The number of benzene rings is 1. The van der Waals surface area contributed by atoms with E-state index in [2.05, 4.69) is 9.88 Å². The summed E-state index contributed by atoms with van der Waals surface area (Å²) in [6.07, 6.45) is 4.15. The summed E-state index contributed by atoms with van der Waals surface area (Å²) in [5, 5.41) is 10.7. The van der Waals surface area contributed by atoms with Gasteiger partial charge in [-0.05, 0) is 37.1 Å². The summed E-state index contributed by atoms with van der Waals surface area (Å²) in [7, 11) is 0. The Labute approximate surface area is 129 Å². The SMILES string of the molecule is OCCOC1CCCN(c2ccnc3cc(Cl)ccc23)C1. The second-order valence-corrected chi connectivity index (χ2v) is 5.73. The predicted octanol–water partition coefficient (Wildman–Crippen LogP) is 2.87. The van der Waals surface area contributed by atoms with Crippen LogP contribution in [0, 0.1) is 0 Å². The number of aliphatic hydroxyl groups is 1. The van der Waals surface area contributed by atoms with Crippen LogP contribution in [0.5, 0.6) is 0 Å². The van der Waals surface area contributed by atoms with Gasteiger partial charge in [-0.25, -0.2) is 0 Å². The van der Waals surface area contributed by atoms with E-state index in [0.717, 1.165) is 36.8 Å². The van der Waals surface area contributed by atoms with E-state index in [1.165, 1.54) is 5.69 Å². The Balaban J connectivity index is 1.86. The molecule has 1 fully saturated rings. The Kier molecular flexibility index (Phi) is 4.58. The molecule has 21 heavy (non-hydrogen) atoms. The fourth-order valence-electron chi connectivity index (χ4n) is 2.89. The second kappa shape index (κ2) is 6.60. The highest BCUT2D eigenvalue weighted by atomic mass is 35.5. The highest BCUT2D eigenvalue weighted by Gasteiger charge is 2.21. The molecule has 5 heteroatoms. The molecule has 0 radical (unpaired) electrons. The van der Waals surface area contributed by atoms with E-state index in [4.69, 9.17) is 21.4 Å². The molecule has 2 aromatic rings. The summed E-state index contributed by atoms with van der Waals surface area (Å²) in [6.45, 7) is 2.35. The fraction of sp³-hybridized carbons (Fsp3) is 0.438. The third-order valence-electron chi connectivity index (χ3n) is 3.85. The van der Waals surface area contributed by atoms with Gasteiger partial charge in [0.25, 0.3) is 0 Å². The van der Waals surface area contributed by atoms with Gasteiger partial charge in [-0.15, -0.1) is 0 Å². The van der Waals surface area contributed by atoms with Crippen LogP contribution in [-0.4, -0.2) is 42.5 Å². The molecule has 1 N–H and O–H groups in total. The van der Waals surface area contributed by atoms with Gasteiger partial charge >= 0.3 is 0 Å². The summed E-state index contributed by atoms with van der Waals surface area (Å²) in [6, 6.07) is 7.87. The zero-order valence-electron chi connectivity index (χ0n) is 11.8. The number of rotatable bonds is 4. The summed E-state index contributed by atoms with van der Waals surface area (Å²) in [4.78, 5) is 6.73. The Morgan fingerprint density at radius 2 is 2.29 bits per heavy atom. The maximum Gasteiger partial charge on any atom is 0.0751 e. The van der Waals surface area contributed by atoms with Gasteiger partial charge in [0.05, 0.1) is 24.8 Å². The summed E-state index contributed by atoms with van der Waals surface area (Å²) < 4.78 is 5.69. The van der Waals surface area contributed by atoms with E-state index in [0.29, 0.717) is 11.6 Å². The molecular formula is C16H19ClN2O2. The maximum atomic E-state index is 8.89. The zero-order valence-corrected chi connectivity index (χ0v) is 12.6. The van der Waals surface area contributed by atoms with Crippen molar-refractivity contribution < 1.29 is 9.84 Å². The number of aliphatic hydroxyl groups excluding tert-OH is 1. The summed E-state index contributed by atoms with van der Waals surface area (Å²) in [5.41, 5.74) is 2.09. The van der Waals surface area contributed by atoms with Gasteiger partial charge in [-0.1, -0.05) is 11.6 Å². The van der Waals surface area contributed by atoms with E-state index < -0.39 is 0 Å². The van der Waals surface area contributed by atoms with Crippen molar-refractivity contribution in [3.05, 3.63) is 35.5 Å². The molecule has 1 aliphatic heterocycles. The largest absolute Gasteiger partial charge is 0.394 e. The van der Waals surface area contributed by atoms with Crippen LogP contribution in [-0.2, 0) is 4.74 Å². The maximum absolute atomic E-state index is 8.89. The van der Waals surface area contributed by atoms with Crippen molar-refractivity contribution in [3.8, 4) is 0 Å². The number of hydrogen-bond donors (Lipinski definition) is 1. The third-order valence-corrected chi connectivity index (χ3v) is 4.08. The fourth-order valence-corrected chi connectivity index (χ4v) is 3.06. The lowest BCUT2D eigenvalue weighted by atomic mass is 10.1. The Bertz CT molecular complexity index is 620. The molecule has 0 bridgehead atoms. The van der Waals surface area contributed by atoms with Gasteiger partial charge in [0.15, 0.2) is 0 Å². The smallest absolute Gasteiger partial charge is 0.0751 e. The first-order valence-corrected chi connectivity index (χ1v) is 7.67. The van der Waals surface area contributed by atoms with Crippen molar-refractivity contribution in [2.75, 3.05) is 31.2 Å². The number of nitrogens with zero attached hydrogens (tertiary/aromatic N) is 2. The molecule has 0 spiro atoms. The van der Waals surface area contributed by atoms with E-state index in [1.807, 2.05) is 30.5 Å². The van der Waals surface area contributed by atoms with Crippen LogP contribution in [0.4, 0.5) is 5.69 Å². The molecule has 1 saturated heterocycles. The molecule has 0 amide bonds. The minimum absolute atomic E-state index is 0.0766. The third kappa shape index (κ3) is 3.28. The molecule has 0 saturated carbocycles. The number of hydrogen-bond acceptors (Lipinski definition) is 4. The van der Waals surface area contributed by atoms with Gasteiger partial charge in [-0.2, -0.15) is 0 Å². The molecule has 1 aliphatic rings. The second-order valence-electron chi connectivity index (χ2n) is 5.30. The van der Waals surface area contributed by atoms with E-state index in [-0.39, 0.29) is 12.7 Å². The van der Waals surface area contributed by atoms with Crippen molar-refractivity contribution in [2.24, 2.45) is 0 Å². The molecular weight excluding hydrogens is 288 g/mol. The van der Waals surface area contributed by atoms with E-state index >= 15 is 0 Å². The molecule has 0 aliphatic carbocycles. The molecule has 3 rings (SSSR count). The van der Waals surface area contributed by atoms with Crippen molar-refractivity contribution >= 4 is 28.2 Å². The van der Waals surface area contributed by atoms with Crippen molar-refractivity contribution in [1.29, 1.82) is 0 Å². The first kappa shape index (κ1) is 14.6. The van der Waals surface area contributed by atoms with Crippen LogP contribution >= 0.6 is 11.6 Å². The minimum Gasteiger partial charge on any atom is -0.394 e. The summed E-state index contributed by atoms with van der Waals surface area (Å²) in [5.74, 6) is 0. The normalized spacial score (nSPS) is 19.1. The van der Waals surface area contributed by atoms with Crippen molar-refractivity contribution in [1.82, 2.24) is 4.98 Å². The van der Waals surface area contributed by atoms with Crippen LogP contribution in [0.1, 0.15) is 12.8 Å². The van der Waals surface area contributed by atoms with Gasteiger partial charge < -0.3 is 14.7 Å². The molecule has 2 heterocycles. The summed E-state index contributed by atoms with van der Waals surface area (Å²) >= 11 is 6.04. The molecule has 1 aromatic heterocycles. The molecule has 1 unspecified atom stereocenters.